The molecule has 2 aromatic rings. The number of nitrogens with one attached hydrogen (secondary N) is 2. The van der Waals surface area contributed by atoms with Gasteiger partial charge in [-0.05, 0) is 47.2 Å². The molecule has 0 spiro atoms. The molecule has 7 heteroatoms. The number of hydrogen-bond donors (Lipinski definition) is 2. The number of hydrogen-bond acceptors (Lipinski definition) is 4. The van der Waals surface area contributed by atoms with Gasteiger partial charge in [0.2, 0.25) is 5.91 Å². The maximum Gasteiger partial charge on any atom is 0.270 e. The molecule has 1 fully saturated rings. The van der Waals surface area contributed by atoms with E-state index in [1.807, 2.05) is 18.2 Å². The number of hydrazine groups is 1. The van der Waals surface area contributed by atoms with Gasteiger partial charge in [0.25, 0.3) is 5.91 Å². The highest BCUT2D eigenvalue weighted by molar-refractivity contribution is 7.91. The monoisotopic (exact) mass is 358 g/mol. The Morgan fingerprint density at radius 3 is 2.48 bits per heavy atom. The van der Waals surface area contributed by atoms with Crippen LogP contribution in [0.3, 0.4) is 0 Å². The normalized spacial score (nSPS) is 20.6. The first-order valence-corrected chi connectivity index (χ1v) is 10.1. The number of carbonyl (C=O) groups excluding carboxylic acids is 2. The van der Waals surface area contributed by atoms with Gasteiger partial charge in [0.1, 0.15) is 0 Å². The fraction of sp³-hybridized carbons (Fsp3) is 0.333. The highest BCUT2D eigenvalue weighted by atomic mass is 32.2. The van der Waals surface area contributed by atoms with Gasteiger partial charge in [0.05, 0.1) is 17.4 Å². The zero-order valence-corrected chi connectivity index (χ0v) is 14.4. The largest absolute Gasteiger partial charge is 0.273 e. The third-order valence-electron chi connectivity index (χ3n) is 5.02. The summed E-state index contributed by atoms with van der Waals surface area (Å²) in [7, 11) is -3.14. The average molecular weight is 358 g/mol. The van der Waals surface area contributed by atoms with E-state index in [9.17, 15) is 18.0 Å². The fourth-order valence-electron chi connectivity index (χ4n) is 3.73. The Bertz CT molecular complexity index is 987. The lowest BCUT2D eigenvalue weighted by Crippen LogP contribution is -2.44. The van der Waals surface area contributed by atoms with Crippen LogP contribution in [-0.2, 0) is 27.5 Å². The van der Waals surface area contributed by atoms with Crippen molar-refractivity contribution in [3.05, 3.63) is 47.0 Å². The molecule has 1 unspecified atom stereocenters. The van der Waals surface area contributed by atoms with Gasteiger partial charge in [-0.3, -0.25) is 20.4 Å². The molecule has 0 radical (unpaired) electrons. The van der Waals surface area contributed by atoms with Gasteiger partial charge in [0, 0.05) is 5.56 Å². The van der Waals surface area contributed by atoms with Crippen molar-refractivity contribution in [2.45, 2.75) is 19.3 Å². The number of sulfone groups is 1. The minimum Gasteiger partial charge on any atom is -0.273 e. The Balaban J connectivity index is 1.51. The molecule has 2 aromatic carbocycles. The zero-order valence-electron chi connectivity index (χ0n) is 13.5. The van der Waals surface area contributed by atoms with Crippen LogP contribution in [0.15, 0.2) is 30.3 Å². The molecule has 6 nitrogen and oxygen atoms in total. The van der Waals surface area contributed by atoms with Crippen molar-refractivity contribution in [2.24, 2.45) is 5.92 Å². The summed E-state index contributed by atoms with van der Waals surface area (Å²) in [5.74, 6) is -1.59. The molecule has 1 aliphatic carbocycles. The first kappa shape index (κ1) is 16.1. The minimum atomic E-state index is -3.14. The van der Waals surface area contributed by atoms with E-state index in [4.69, 9.17) is 0 Å². The summed E-state index contributed by atoms with van der Waals surface area (Å²) in [5, 5.41) is 2.01. The van der Waals surface area contributed by atoms with Crippen LogP contribution in [-0.4, -0.2) is 31.7 Å². The second-order valence-corrected chi connectivity index (χ2v) is 8.88. The Labute approximate surface area is 145 Å². The molecular formula is C18H18N2O4S. The third kappa shape index (κ3) is 2.89. The van der Waals surface area contributed by atoms with Crippen molar-refractivity contribution in [3.8, 4) is 0 Å². The SMILES string of the molecule is O=C(NNC(=O)C1CCS(=O)(=O)C1)c1ccc2c3c(cccc13)CC2. The second-order valence-electron chi connectivity index (χ2n) is 6.66. The number of aryl methyl sites for hydroxylation is 2. The highest BCUT2D eigenvalue weighted by Gasteiger charge is 2.33. The van der Waals surface area contributed by atoms with E-state index in [1.165, 1.54) is 11.1 Å². The smallest absolute Gasteiger partial charge is 0.270 e. The van der Waals surface area contributed by atoms with Crippen LogP contribution in [0.25, 0.3) is 10.8 Å². The quantitative estimate of drug-likeness (QED) is 0.788. The van der Waals surface area contributed by atoms with Crippen LogP contribution in [0.1, 0.15) is 27.9 Å². The van der Waals surface area contributed by atoms with Crippen LogP contribution in [0, 0.1) is 5.92 Å². The van der Waals surface area contributed by atoms with Crippen LogP contribution < -0.4 is 10.9 Å². The lowest BCUT2D eigenvalue weighted by molar-refractivity contribution is -0.125. The molecule has 1 aliphatic heterocycles. The molecule has 130 valence electrons. The van der Waals surface area contributed by atoms with Gasteiger partial charge in [-0.2, -0.15) is 0 Å². The molecule has 0 aromatic heterocycles. The van der Waals surface area contributed by atoms with Crippen molar-refractivity contribution in [1.82, 2.24) is 10.9 Å². The summed E-state index contributed by atoms with van der Waals surface area (Å²) >= 11 is 0. The molecule has 2 amide bonds. The fourth-order valence-corrected chi connectivity index (χ4v) is 5.48. The van der Waals surface area contributed by atoms with Crippen LogP contribution >= 0.6 is 0 Å². The summed E-state index contributed by atoms with van der Waals surface area (Å²) in [4.78, 5) is 24.6. The van der Waals surface area contributed by atoms with E-state index in [0.717, 1.165) is 23.6 Å². The Morgan fingerprint density at radius 1 is 1.00 bits per heavy atom. The van der Waals surface area contributed by atoms with Crippen LogP contribution in [0.4, 0.5) is 0 Å². The summed E-state index contributed by atoms with van der Waals surface area (Å²) < 4.78 is 22.9. The third-order valence-corrected chi connectivity index (χ3v) is 6.79. The van der Waals surface area contributed by atoms with Crippen molar-refractivity contribution in [1.29, 1.82) is 0 Å². The minimum absolute atomic E-state index is 0.0217. The number of amides is 2. The van der Waals surface area contributed by atoms with Crippen LogP contribution in [0.2, 0.25) is 0 Å². The Hall–Kier alpha value is -2.41. The van der Waals surface area contributed by atoms with E-state index < -0.39 is 27.6 Å². The summed E-state index contributed by atoms with van der Waals surface area (Å²) in [5.41, 5.74) is 7.77. The molecular weight excluding hydrogens is 340 g/mol. The van der Waals surface area contributed by atoms with Gasteiger partial charge < -0.3 is 0 Å². The first-order valence-electron chi connectivity index (χ1n) is 8.29. The van der Waals surface area contributed by atoms with E-state index in [-0.39, 0.29) is 11.5 Å². The van der Waals surface area contributed by atoms with Gasteiger partial charge in [-0.15, -0.1) is 0 Å². The first-order chi connectivity index (χ1) is 11.9. The lowest BCUT2D eigenvalue weighted by Gasteiger charge is -2.12. The maximum absolute atomic E-state index is 12.5. The van der Waals surface area contributed by atoms with Crippen molar-refractivity contribution in [3.63, 3.8) is 0 Å². The number of benzene rings is 2. The van der Waals surface area contributed by atoms with Gasteiger partial charge >= 0.3 is 0 Å². The lowest BCUT2D eigenvalue weighted by atomic mass is 9.99. The molecule has 25 heavy (non-hydrogen) atoms. The van der Waals surface area contributed by atoms with Gasteiger partial charge in [0.15, 0.2) is 9.84 Å². The highest BCUT2D eigenvalue weighted by Crippen LogP contribution is 2.32. The van der Waals surface area contributed by atoms with Crippen LogP contribution in [0.5, 0.6) is 0 Å². The molecule has 1 heterocycles. The summed E-state index contributed by atoms with van der Waals surface area (Å²) in [6, 6.07) is 9.65. The predicted molar refractivity (Wildman–Crippen MR) is 93.7 cm³/mol. The van der Waals surface area contributed by atoms with Gasteiger partial charge in [-0.25, -0.2) is 8.42 Å². The molecule has 1 atom stereocenters. The zero-order chi connectivity index (χ0) is 17.6. The maximum atomic E-state index is 12.5. The summed E-state index contributed by atoms with van der Waals surface area (Å²) in [6.07, 6.45) is 2.25. The predicted octanol–water partition coefficient (Wildman–Crippen LogP) is 1.13. The van der Waals surface area contributed by atoms with Crippen molar-refractivity contribution >= 4 is 32.4 Å². The second kappa shape index (κ2) is 5.84. The standard InChI is InChI=1S/C18H18N2O4S/c21-17(13-8-9-25(23,24)10-13)19-20-18(22)15-7-6-12-5-4-11-2-1-3-14(15)16(11)12/h1-3,6-7,13H,4-5,8-10H2,(H,19,21)(H,20,22). The van der Waals surface area contributed by atoms with E-state index in [0.29, 0.717) is 12.0 Å². The van der Waals surface area contributed by atoms with Crippen molar-refractivity contribution in [2.75, 3.05) is 11.5 Å². The van der Waals surface area contributed by atoms with Crippen molar-refractivity contribution < 1.29 is 18.0 Å². The molecule has 1 saturated heterocycles. The molecule has 0 bridgehead atoms. The van der Waals surface area contributed by atoms with E-state index in [1.54, 1.807) is 6.07 Å². The molecule has 2 aliphatic rings. The number of carbonyl (C=O) groups is 2. The average Bonchev–Trinajstić information content (AvgIpc) is 3.17. The molecule has 4 rings (SSSR count). The Kier molecular flexibility index (Phi) is 3.76. The molecule has 0 saturated carbocycles. The van der Waals surface area contributed by atoms with E-state index >= 15 is 0 Å². The molecule has 2 N–H and O–H groups in total. The Morgan fingerprint density at radius 2 is 1.76 bits per heavy atom. The van der Waals surface area contributed by atoms with Gasteiger partial charge in [-0.1, -0.05) is 24.3 Å². The topological polar surface area (TPSA) is 92.3 Å². The summed E-state index contributed by atoms with van der Waals surface area (Å²) in [6.45, 7) is 0. The van der Waals surface area contributed by atoms with E-state index in [2.05, 4.69) is 16.9 Å². The number of rotatable bonds is 2.